The van der Waals surface area contributed by atoms with Crippen molar-refractivity contribution in [1.82, 2.24) is 9.97 Å². The molecule has 0 bridgehead atoms. The van der Waals surface area contributed by atoms with Crippen molar-refractivity contribution in [2.75, 3.05) is 0 Å². The molecular weight excluding hydrogens is 414 g/mol. The predicted octanol–water partition coefficient (Wildman–Crippen LogP) is 5.46. The van der Waals surface area contributed by atoms with E-state index in [9.17, 15) is 9.59 Å². The van der Waals surface area contributed by atoms with Crippen molar-refractivity contribution in [2.45, 2.75) is 59.3 Å². The van der Waals surface area contributed by atoms with E-state index in [0.29, 0.717) is 24.2 Å². The Morgan fingerprint density at radius 3 is 2.36 bits per heavy atom. The second kappa shape index (κ2) is 7.72. The maximum absolute atomic E-state index is 13.4. The lowest BCUT2D eigenvalue weighted by molar-refractivity contribution is -0.124. The predicted molar refractivity (Wildman–Crippen MR) is 125 cm³/mol. The fraction of sp³-hybridized carbons (Fsp3) is 0.444. The lowest BCUT2D eigenvalue weighted by atomic mass is 9.60. The van der Waals surface area contributed by atoms with Gasteiger partial charge in [-0.3, -0.25) is 14.6 Å². The van der Waals surface area contributed by atoms with E-state index in [2.05, 4.69) is 37.7 Å². The van der Waals surface area contributed by atoms with Crippen molar-refractivity contribution >= 4 is 17.3 Å². The molecule has 2 heterocycles. The van der Waals surface area contributed by atoms with Gasteiger partial charge in [-0.1, -0.05) is 39.8 Å². The maximum Gasteiger partial charge on any atom is 0.321 e. The van der Waals surface area contributed by atoms with Crippen LogP contribution in [0.1, 0.15) is 64.9 Å². The zero-order chi connectivity index (χ0) is 23.4. The Kier molecular flexibility index (Phi) is 5.07. The lowest BCUT2D eigenvalue weighted by Gasteiger charge is -2.44. The Morgan fingerprint density at radius 2 is 1.61 bits per heavy atom. The molecule has 0 saturated heterocycles. The third-order valence-electron chi connectivity index (χ3n) is 6.81. The molecule has 3 aliphatic rings. The summed E-state index contributed by atoms with van der Waals surface area (Å²) in [4.78, 5) is 40.1. The van der Waals surface area contributed by atoms with Gasteiger partial charge in [0.05, 0.1) is 5.92 Å². The minimum atomic E-state index is -0.398. The summed E-state index contributed by atoms with van der Waals surface area (Å²) >= 11 is 0. The summed E-state index contributed by atoms with van der Waals surface area (Å²) in [5.41, 5.74) is 3.12. The molecule has 33 heavy (non-hydrogen) atoms. The lowest BCUT2D eigenvalue weighted by Crippen LogP contribution is -2.45. The summed E-state index contributed by atoms with van der Waals surface area (Å²) in [5.74, 6) is 0.114. The van der Waals surface area contributed by atoms with Crippen LogP contribution < -0.4 is 4.74 Å². The van der Waals surface area contributed by atoms with Crippen molar-refractivity contribution in [3.05, 3.63) is 59.6 Å². The van der Waals surface area contributed by atoms with E-state index in [1.807, 2.05) is 24.3 Å². The normalized spacial score (nSPS) is 25.8. The quantitative estimate of drug-likeness (QED) is 0.629. The largest absolute Gasteiger partial charge is 0.424 e. The second-order valence-corrected chi connectivity index (χ2v) is 11.0. The summed E-state index contributed by atoms with van der Waals surface area (Å²) in [6.07, 6.45) is 5.70. The highest BCUT2D eigenvalue weighted by atomic mass is 16.5. The number of hydrogen-bond donors (Lipinski definition) is 0. The first-order chi connectivity index (χ1) is 15.6. The summed E-state index contributed by atoms with van der Waals surface area (Å²) in [5, 5.41) is 0. The van der Waals surface area contributed by atoms with Gasteiger partial charge < -0.3 is 4.74 Å². The Labute approximate surface area is 194 Å². The van der Waals surface area contributed by atoms with E-state index in [1.54, 1.807) is 18.5 Å². The molecule has 5 rings (SSSR count). The van der Waals surface area contributed by atoms with E-state index < -0.39 is 5.92 Å². The molecule has 2 atom stereocenters. The van der Waals surface area contributed by atoms with Crippen LogP contribution in [0.15, 0.2) is 59.0 Å². The van der Waals surface area contributed by atoms with Gasteiger partial charge in [0.25, 0.3) is 0 Å². The molecule has 2 aliphatic carbocycles. The molecule has 1 saturated carbocycles. The summed E-state index contributed by atoms with van der Waals surface area (Å²) < 4.78 is 5.86. The number of aliphatic imine (C=N–C) groups is 1. The zero-order valence-corrected chi connectivity index (χ0v) is 19.6. The van der Waals surface area contributed by atoms with Gasteiger partial charge in [-0.25, -0.2) is 9.97 Å². The van der Waals surface area contributed by atoms with Crippen LogP contribution in [0.5, 0.6) is 11.8 Å². The number of ketones is 2. The summed E-state index contributed by atoms with van der Waals surface area (Å²) in [6, 6.07) is 9.61. The van der Waals surface area contributed by atoms with Crippen LogP contribution in [0.25, 0.3) is 0 Å². The summed E-state index contributed by atoms with van der Waals surface area (Å²) in [6.45, 7) is 8.46. The number of ether oxygens (including phenoxy) is 1. The molecule has 1 fully saturated rings. The van der Waals surface area contributed by atoms with Gasteiger partial charge in [0.2, 0.25) is 0 Å². The molecule has 0 amide bonds. The molecule has 6 heteroatoms. The van der Waals surface area contributed by atoms with Crippen LogP contribution in [0.3, 0.4) is 0 Å². The van der Waals surface area contributed by atoms with Crippen molar-refractivity contribution in [3.63, 3.8) is 0 Å². The maximum atomic E-state index is 13.4. The SMILES string of the molecule is CC1(C)CC(=O)C2C(=NC3=C(C(=O)CC(C)(C)C3)C2c2cccc(Oc3ncccn3)c2)C1. The number of benzene rings is 1. The molecule has 2 unspecified atom stereocenters. The molecule has 2 aromatic rings. The number of hydrogen-bond acceptors (Lipinski definition) is 6. The van der Waals surface area contributed by atoms with Crippen LogP contribution in [0, 0.1) is 16.7 Å². The first kappa shape index (κ1) is 21.7. The minimum Gasteiger partial charge on any atom is -0.424 e. The van der Waals surface area contributed by atoms with Gasteiger partial charge >= 0.3 is 6.01 Å². The Morgan fingerprint density at radius 1 is 0.879 bits per heavy atom. The van der Waals surface area contributed by atoms with Crippen LogP contribution in [-0.4, -0.2) is 27.2 Å². The molecular formula is C27H29N3O3. The first-order valence-corrected chi connectivity index (χ1v) is 11.5. The van der Waals surface area contributed by atoms with Gasteiger partial charge in [-0.05, 0) is 47.4 Å². The van der Waals surface area contributed by atoms with Crippen LogP contribution in [0.2, 0.25) is 0 Å². The van der Waals surface area contributed by atoms with Gasteiger partial charge in [-0.2, -0.15) is 0 Å². The van der Waals surface area contributed by atoms with Gasteiger partial charge in [0, 0.05) is 48.1 Å². The van der Waals surface area contributed by atoms with E-state index in [0.717, 1.165) is 29.8 Å². The fourth-order valence-electron chi connectivity index (χ4n) is 5.59. The highest BCUT2D eigenvalue weighted by Crippen LogP contribution is 2.51. The molecule has 0 radical (unpaired) electrons. The van der Waals surface area contributed by atoms with Crippen molar-refractivity contribution in [2.24, 2.45) is 21.7 Å². The van der Waals surface area contributed by atoms with Crippen molar-refractivity contribution in [3.8, 4) is 11.8 Å². The van der Waals surface area contributed by atoms with E-state index in [4.69, 9.17) is 9.73 Å². The van der Waals surface area contributed by atoms with E-state index in [1.165, 1.54) is 0 Å². The topological polar surface area (TPSA) is 81.5 Å². The van der Waals surface area contributed by atoms with Crippen molar-refractivity contribution < 1.29 is 14.3 Å². The number of carbonyl (C=O) groups excluding carboxylic acids is 2. The monoisotopic (exact) mass is 443 g/mol. The first-order valence-electron chi connectivity index (χ1n) is 11.5. The van der Waals surface area contributed by atoms with Crippen LogP contribution in [-0.2, 0) is 9.59 Å². The molecule has 170 valence electrons. The zero-order valence-electron chi connectivity index (χ0n) is 19.6. The molecule has 0 N–H and O–H groups in total. The Bertz CT molecular complexity index is 1190. The average molecular weight is 444 g/mol. The molecule has 1 aromatic carbocycles. The Balaban J connectivity index is 1.61. The molecule has 1 aliphatic heterocycles. The van der Waals surface area contributed by atoms with Crippen LogP contribution >= 0.6 is 0 Å². The van der Waals surface area contributed by atoms with Crippen molar-refractivity contribution in [1.29, 1.82) is 0 Å². The number of allylic oxidation sites excluding steroid dienone is 2. The third kappa shape index (κ3) is 4.14. The number of rotatable bonds is 3. The van der Waals surface area contributed by atoms with E-state index in [-0.39, 0.29) is 34.3 Å². The minimum absolute atomic E-state index is 0.101. The number of aromatic nitrogens is 2. The number of carbonyl (C=O) groups is 2. The highest BCUT2D eigenvalue weighted by molar-refractivity contribution is 6.13. The molecule has 0 spiro atoms. The second-order valence-electron chi connectivity index (χ2n) is 11.0. The molecule has 1 aromatic heterocycles. The van der Waals surface area contributed by atoms with Gasteiger partial charge in [-0.15, -0.1) is 0 Å². The number of Topliss-reactive ketones (excluding diaryl/α,β-unsaturated/α-hetero) is 2. The molecule has 6 nitrogen and oxygen atoms in total. The smallest absolute Gasteiger partial charge is 0.321 e. The number of fused-ring (bicyclic) bond motifs is 1. The fourth-order valence-corrected chi connectivity index (χ4v) is 5.59. The average Bonchev–Trinajstić information content (AvgIpc) is 2.71. The summed E-state index contributed by atoms with van der Waals surface area (Å²) in [7, 11) is 0. The van der Waals surface area contributed by atoms with Gasteiger partial charge in [0.1, 0.15) is 11.5 Å². The van der Waals surface area contributed by atoms with Crippen LogP contribution in [0.4, 0.5) is 0 Å². The highest BCUT2D eigenvalue weighted by Gasteiger charge is 2.49. The van der Waals surface area contributed by atoms with Gasteiger partial charge in [0.15, 0.2) is 5.78 Å². The third-order valence-corrected chi connectivity index (χ3v) is 6.81. The number of nitrogens with zero attached hydrogens (tertiary/aromatic N) is 3. The standard InChI is InChI=1S/C27H29N3O3/c1-26(2)12-18-23(20(31)14-26)22(24-19(30-18)13-27(3,4)15-21(24)32)16-7-5-8-17(11-16)33-25-28-9-6-10-29-25/h5-11,22-23H,12-15H2,1-4H3. The Hall–Kier alpha value is -3.15. The van der Waals surface area contributed by atoms with E-state index >= 15 is 0 Å².